The molecule has 1 aromatic heterocycles. The standard InChI is InChI=1S/C10H16N2O2S2/c1-8-3-4-9(15-8)16(13,14)12-10(2)5-6-11-7-10/h3-4,11-12H,5-7H2,1-2H3. The van der Waals surface area contributed by atoms with Crippen LogP contribution in [0.5, 0.6) is 0 Å². The van der Waals surface area contributed by atoms with Crippen molar-refractivity contribution in [2.45, 2.75) is 30.0 Å². The molecule has 0 radical (unpaired) electrons. The summed E-state index contributed by atoms with van der Waals surface area (Å²) in [4.78, 5) is 1.01. The van der Waals surface area contributed by atoms with Gasteiger partial charge in [0.2, 0.25) is 0 Å². The van der Waals surface area contributed by atoms with E-state index >= 15 is 0 Å². The Morgan fingerprint density at radius 1 is 1.50 bits per heavy atom. The lowest BCUT2D eigenvalue weighted by Gasteiger charge is -2.23. The van der Waals surface area contributed by atoms with E-state index in [-0.39, 0.29) is 5.54 Å². The Morgan fingerprint density at radius 3 is 2.75 bits per heavy atom. The number of hydrogen-bond donors (Lipinski definition) is 2. The van der Waals surface area contributed by atoms with Crippen molar-refractivity contribution in [3.8, 4) is 0 Å². The summed E-state index contributed by atoms with van der Waals surface area (Å²) in [6.07, 6.45) is 0.830. The molecule has 1 unspecified atom stereocenters. The zero-order valence-electron chi connectivity index (χ0n) is 9.41. The second-order valence-electron chi connectivity index (χ2n) is 4.46. The Morgan fingerprint density at radius 2 is 2.25 bits per heavy atom. The molecule has 0 bridgehead atoms. The molecule has 6 heteroatoms. The first-order chi connectivity index (χ1) is 7.41. The highest BCUT2D eigenvalue weighted by Crippen LogP contribution is 2.23. The molecule has 1 aliphatic heterocycles. The van der Waals surface area contributed by atoms with Gasteiger partial charge in [-0.2, -0.15) is 0 Å². The number of thiophene rings is 1. The van der Waals surface area contributed by atoms with Gasteiger partial charge in [0.05, 0.1) is 0 Å². The summed E-state index contributed by atoms with van der Waals surface area (Å²) in [6.45, 7) is 5.40. The SMILES string of the molecule is Cc1ccc(S(=O)(=O)NC2(C)CCNC2)s1. The minimum Gasteiger partial charge on any atom is -0.315 e. The molecule has 0 spiro atoms. The predicted molar refractivity (Wildman–Crippen MR) is 65.3 cm³/mol. The van der Waals surface area contributed by atoms with Crippen molar-refractivity contribution in [3.05, 3.63) is 17.0 Å². The van der Waals surface area contributed by atoms with Gasteiger partial charge in [-0.15, -0.1) is 11.3 Å². The molecule has 0 saturated carbocycles. The van der Waals surface area contributed by atoms with Crippen LogP contribution in [-0.4, -0.2) is 27.0 Å². The Labute approximate surface area is 100 Å². The van der Waals surface area contributed by atoms with E-state index < -0.39 is 10.0 Å². The third-order valence-corrected chi connectivity index (χ3v) is 5.86. The van der Waals surface area contributed by atoms with Gasteiger partial charge in [0.1, 0.15) is 4.21 Å². The van der Waals surface area contributed by atoms with Crippen LogP contribution in [0.4, 0.5) is 0 Å². The van der Waals surface area contributed by atoms with Gasteiger partial charge in [-0.25, -0.2) is 13.1 Å². The Bertz CT molecular complexity index is 473. The van der Waals surface area contributed by atoms with E-state index in [9.17, 15) is 8.42 Å². The third kappa shape index (κ3) is 2.45. The lowest BCUT2D eigenvalue weighted by molar-refractivity contribution is 0.452. The highest BCUT2D eigenvalue weighted by molar-refractivity contribution is 7.91. The van der Waals surface area contributed by atoms with Crippen LogP contribution in [-0.2, 0) is 10.0 Å². The van der Waals surface area contributed by atoms with E-state index in [1.165, 1.54) is 11.3 Å². The summed E-state index contributed by atoms with van der Waals surface area (Å²) < 4.78 is 27.3. The quantitative estimate of drug-likeness (QED) is 0.855. The largest absolute Gasteiger partial charge is 0.315 e. The summed E-state index contributed by atoms with van der Waals surface area (Å²) in [5, 5.41) is 3.17. The molecule has 1 aliphatic rings. The Kier molecular flexibility index (Phi) is 3.09. The summed E-state index contributed by atoms with van der Waals surface area (Å²) in [7, 11) is -3.35. The molecule has 0 amide bonds. The molecular formula is C10H16N2O2S2. The third-order valence-electron chi connectivity index (χ3n) is 2.73. The number of hydrogen-bond acceptors (Lipinski definition) is 4. The van der Waals surface area contributed by atoms with Crippen molar-refractivity contribution in [1.82, 2.24) is 10.0 Å². The molecule has 2 N–H and O–H groups in total. The first-order valence-corrected chi connectivity index (χ1v) is 7.52. The van der Waals surface area contributed by atoms with E-state index in [0.717, 1.165) is 17.8 Å². The summed E-state index contributed by atoms with van der Waals surface area (Å²) in [5.74, 6) is 0. The fourth-order valence-corrected chi connectivity index (χ4v) is 4.55. The molecule has 90 valence electrons. The van der Waals surface area contributed by atoms with E-state index in [1.807, 2.05) is 19.9 Å². The van der Waals surface area contributed by atoms with Crippen LogP contribution >= 0.6 is 11.3 Å². The molecule has 4 nitrogen and oxygen atoms in total. The van der Waals surface area contributed by atoms with Crippen molar-refractivity contribution in [3.63, 3.8) is 0 Å². The molecular weight excluding hydrogens is 244 g/mol. The van der Waals surface area contributed by atoms with Gasteiger partial charge in [-0.3, -0.25) is 0 Å². The smallest absolute Gasteiger partial charge is 0.250 e. The predicted octanol–water partition coefficient (Wildman–Crippen LogP) is 1.09. The van der Waals surface area contributed by atoms with Gasteiger partial charge in [0.15, 0.2) is 0 Å². The van der Waals surface area contributed by atoms with Crippen LogP contribution in [0, 0.1) is 6.92 Å². The topological polar surface area (TPSA) is 58.2 Å². The average Bonchev–Trinajstić information content (AvgIpc) is 2.74. The number of nitrogens with one attached hydrogen (secondary N) is 2. The minimum absolute atomic E-state index is 0.350. The van der Waals surface area contributed by atoms with Crippen LogP contribution < -0.4 is 10.0 Å². The highest BCUT2D eigenvalue weighted by atomic mass is 32.2. The second-order valence-corrected chi connectivity index (χ2v) is 7.66. The van der Waals surface area contributed by atoms with Gasteiger partial charge in [0, 0.05) is 17.0 Å². The molecule has 2 rings (SSSR count). The average molecular weight is 260 g/mol. The summed E-state index contributed by atoms with van der Waals surface area (Å²) in [6, 6.07) is 3.49. The van der Waals surface area contributed by atoms with Gasteiger partial charge < -0.3 is 5.32 Å². The van der Waals surface area contributed by atoms with Crippen LogP contribution in [0.25, 0.3) is 0 Å². The van der Waals surface area contributed by atoms with Crippen LogP contribution in [0.2, 0.25) is 0 Å². The van der Waals surface area contributed by atoms with Crippen molar-refractivity contribution in [1.29, 1.82) is 0 Å². The fourth-order valence-electron chi connectivity index (χ4n) is 1.84. The number of aryl methyl sites for hydroxylation is 1. The number of sulfonamides is 1. The fraction of sp³-hybridized carbons (Fsp3) is 0.600. The van der Waals surface area contributed by atoms with Crippen LogP contribution in [0.3, 0.4) is 0 Å². The normalized spacial score (nSPS) is 26.1. The van der Waals surface area contributed by atoms with E-state index in [2.05, 4.69) is 10.0 Å². The molecule has 1 atom stereocenters. The maximum Gasteiger partial charge on any atom is 0.250 e. The maximum absolute atomic E-state index is 12.1. The van der Waals surface area contributed by atoms with Gasteiger partial charge in [-0.05, 0) is 38.9 Å². The van der Waals surface area contributed by atoms with Crippen molar-refractivity contribution in [2.24, 2.45) is 0 Å². The van der Waals surface area contributed by atoms with E-state index in [1.54, 1.807) is 6.07 Å². The summed E-state index contributed by atoms with van der Waals surface area (Å²) in [5.41, 5.74) is -0.350. The van der Waals surface area contributed by atoms with Crippen molar-refractivity contribution < 1.29 is 8.42 Å². The van der Waals surface area contributed by atoms with Crippen LogP contribution in [0.1, 0.15) is 18.2 Å². The minimum atomic E-state index is -3.35. The van der Waals surface area contributed by atoms with Gasteiger partial charge in [0.25, 0.3) is 10.0 Å². The molecule has 0 aliphatic carbocycles. The molecule has 16 heavy (non-hydrogen) atoms. The monoisotopic (exact) mass is 260 g/mol. The van der Waals surface area contributed by atoms with E-state index in [0.29, 0.717) is 10.8 Å². The maximum atomic E-state index is 12.1. The lowest BCUT2D eigenvalue weighted by Crippen LogP contribution is -2.47. The second kappa shape index (κ2) is 4.10. The Hall–Kier alpha value is -0.430. The molecule has 0 aromatic carbocycles. The zero-order valence-corrected chi connectivity index (χ0v) is 11.0. The Balaban J connectivity index is 2.20. The molecule has 2 heterocycles. The molecule has 1 aromatic rings. The van der Waals surface area contributed by atoms with Crippen molar-refractivity contribution in [2.75, 3.05) is 13.1 Å². The first-order valence-electron chi connectivity index (χ1n) is 5.22. The molecule has 1 fully saturated rings. The number of rotatable bonds is 3. The van der Waals surface area contributed by atoms with Crippen LogP contribution in [0.15, 0.2) is 16.3 Å². The van der Waals surface area contributed by atoms with E-state index in [4.69, 9.17) is 0 Å². The van der Waals surface area contributed by atoms with Crippen molar-refractivity contribution >= 4 is 21.4 Å². The van der Waals surface area contributed by atoms with Gasteiger partial charge >= 0.3 is 0 Å². The zero-order chi connectivity index (χ0) is 11.8. The summed E-state index contributed by atoms with van der Waals surface area (Å²) >= 11 is 1.31. The highest BCUT2D eigenvalue weighted by Gasteiger charge is 2.33. The lowest BCUT2D eigenvalue weighted by atomic mass is 10.0. The van der Waals surface area contributed by atoms with Gasteiger partial charge in [-0.1, -0.05) is 0 Å². The first kappa shape index (κ1) is 12.0. The molecule has 1 saturated heterocycles.